The summed E-state index contributed by atoms with van der Waals surface area (Å²) < 4.78 is 0. The second-order valence-electron chi connectivity index (χ2n) is 6.00. The van der Waals surface area contributed by atoms with Gasteiger partial charge in [0.2, 0.25) is 11.8 Å². The molecule has 1 aromatic heterocycles. The molecule has 0 aromatic carbocycles. The van der Waals surface area contributed by atoms with E-state index in [0.29, 0.717) is 17.1 Å². The molecule has 0 atom stereocenters. The smallest absolute Gasteiger partial charge is 0.231 e. The van der Waals surface area contributed by atoms with E-state index in [1.807, 2.05) is 18.7 Å². The zero-order chi connectivity index (χ0) is 17.0. The summed E-state index contributed by atoms with van der Waals surface area (Å²) in [6, 6.07) is 2.35. The van der Waals surface area contributed by atoms with Gasteiger partial charge in [0.05, 0.1) is 12.1 Å². The molecule has 0 unspecified atom stereocenters. The van der Waals surface area contributed by atoms with Crippen LogP contribution in [0.15, 0.2) is 0 Å². The van der Waals surface area contributed by atoms with E-state index in [4.69, 9.17) is 5.73 Å². The van der Waals surface area contributed by atoms with Crippen molar-refractivity contribution in [1.29, 1.82) is 5.26 Å². The third-order valence-electron chi connectivity index (χ3n) is 4.00. The Hall–Kier alpha value is -1.91. The number of primary amides is 1. The number of hydrogen-bond donors (Lipinski definition) is 2. The maximum Gasteiger partial charge on any atom is 0.231 e. The van der Waals surface area contributed by atoms with Gasteiger partial charge in [-0.05, 0) is 38.7 Å². The summed E-state index contributed by atoms with van der Waals surface area (Å²) in [5, 5.41) is 12.8. The molecular formula is C16H22N4O2S. The maximum absolute atomic E-state index is 12.2. The minimum absolute atomic E-state index is 0.135. The van der Waals surface area contributed by atoms with Crippen molar-refractivity contribution in [3.05, 3.63) is 16.0 Å². The molecule has 0 aliphatic heterocycles. The first kappa shape index (κ1) is 17.4. The Bertz CT molecular complexity index is 645. The number of amides is 2. The van der Waals surface area contributed by atoms with Crippen LogP contribution in [0.2, 0.25) is 0 Å². The predicted octanol–water partition coefficient (Wildman–Crippen LogP) is 1.63. The molecule has 0 fully saturated rings. The average molecular weight is 334 g/mol. The molecule has 6 nitrogen and oxygen atoms in total. The number of rotatable bonds is 7. The molecule has 23 heavy (non-hydrogen) atoms. The number of thiophene rings is 1. The molecule has 2 rings (SSSR count). The summed E-state index contributed by atoms with van der Waals surface area (Å²) in [6.45, 7) is 4.51. The SMILES string of the molecule is CC(C)N(CCC(=O)Nc1sc2c(c1C#N)CCC2)CC(N)=O. The van der Waals surface area contributed by atoms with Crippen LogP contribution < -0.4 is 11.1 Å². The zero-order valence-electron chi connectivity index (χ0n) is 13.5. The summed E-state index contributed by atoms with van der Waals surface area (Å²) in [7, 11) is 0. The third kappa shape index (κ3) is 4.30. The highest BCUT2D eigenvalue weighted by Crippen LogP contribution is 2.38. The van der Waals surface area contributed by atoms with Crippen LogP contribution in [-0.2, 0) is 22.4 Å². The van der Waals surface area contributed by atoms with Gasteiger partial charge in [-0.25, -0.2) is 0 Å². The molecule has 0 bridgehead atoms. The monoisotopic (exact) mass is 334 g/mol. The van der Waals surface area contributed by atoms with Crippen LogP contribution in [0, 0.1) is 11.3 Å². The van der Waals surface area contributed by atoms with Gasteiger partial charge >= 0.3 is 0 Å². The van der Waals surface area contributed by atoms with Crippen molar-refractivity contribution in [1.82, 2.24) is 4.90 Å². The third-order valence-corrected chi connectivity index (χ3v) is 5.21. The second kappa shape index (κ2) is 7.57. The minimum atomic E-state index is -0.402. The molecule has 7 heteroatoms. The van der Waals surface area contributed by atoms with Crippen LogP contribution in [-0.4, -0.2) is 35.8 Å². The van der Waals surface area contributed by atoms with E-state index in [0.717, 1.165) is 24.8 Å². The fraction of sp³-hybridized carbons (Fsp3) is 0.562. The number of nitriles is 1. The van der Waals surface area contributed by atoms with Crippen molar-refractivity contribution in [3.8, 4) is 6.07 Å². The molecule has 0 radical (unpaired) electrons. The number of nitrogens with one attached hydrogen (secondary N) is 1. The zero-order valence-corrected chi connectivity index (χ0v) is 14.3. The summed E-state index contributed by atoms with van der Waals surface area (Å²) in [6.07, 6.45) is 3.26. The summed E-state index contributed by atoms with van der Waals surface area (Å²) in [4.78, 5) is 26.3. The highest BCUT2D eigenvalue weighted by atomic mass is 32.1. The summed E-state index contributed by atoms with van der Waals surface area (Å²) in [5.74, 6) is -0.544. The van der Waals surface area contributed by atoms with Crippen LogP contribution in [0.4, 0.5) is 5.00 Å². The number of hydrogen-bond acceptors (Lipinski definition) is 5. The standard InChI is InChI=1S/C16H22N4O2S/c1-10(2)20(9-14(18)21)7-6-15(22)19-16-12(8-17)11-4-3-5-13(11)23-16/h10H,3-7,9H2,1-2H3,(H2,18,21)(H,19,22). The molecule has 1 aliphatic rings. The molecule has 1 heterocycles. The molecule has 2 amide bonds. The van der Waals surface area contributed by atoms with Crippen LogP contribution in [0.25, 0.3) is 0 Å². The van der Waals surface area contributed by atoms with Gasteiger partial charge in [-0.3, -0.25) is 14.5 Å². The van der Waals surface area contributed by atoms with Crippen LogP contribution >= 0.6 is 11.3 Å². The Balaban J connectivity index is 1.95. The van der Waals surface area contributed by atoms with Gasteiger partial charge in [-0.2, -0.15) is 5.26 Å². The Morgan fingerprint density at radius 3 is 2.78 bits per heavy atom. The quantitative estimate of drug-likeness (QED) is 0.791. The minimum Gasteiger partial charge on any atom is -0.369 e. The second-order valence-corrected chi connectivity index (χ2v) is 7.11. The van der Waals surface area contributed by atoms with Crippen molar-refractivity contribution in [2.45, 2.75) is 45.6 Å². The molecule has 1 aromatic rings. The normalized spacial score (nSPS) is 13.2. The lowest BCUT2D eigenvalue weighted by atomic mass is 10.1. The number of carbonyl (C=O) groups is 2. The lowest BCUT2D eigenvalue weighted by Crippen LogP contribution is -2.40. The van der Waals surface area contributed by atoms with E-state index >= 15 is 0 Å². The highest BCUT2D eigenvalue weighted by molar-refractivity contribution is 7.16. The van der Waals surface area contributed by atoms with Crippen LogP contribution in [0.3, 0.4) is 0 Å². The van der Waals surface area contributed by atoms with Gasteiger partial charge < -0.3 is 11.1 Å². The number of nitrogens with zero attached hydrogens (tertiary/aromatic N) is 2. The van der Waals surface area contributed by atoms with Crippen LogP contribution in [0.1, 0.15) is 42.7 Å². The molecule has 3 N–H and O–H groups in total. The van der Waals surface area contributed by atoms with Crippen LogP contribution in [0.5, 0.6) is 0 Å². The first-order valence-electron chi connectivity index (χ1n) is 7.79. The Morgan fingerprint density at radius 1 is 1.43 bits per heavy atom. The average Bonchev–Trinajstić information content (AvgIpc) is 3.02. The number of anilines is 1. The number of aryl methyl sites for hydroxylation is 1. The molecule has 124 valence electrons. The van der Waals surface area contributed by atoms with E-state index in [1.165, 1.54) is 16.2 Å². The number of fused-ring (bicyclic) bond motifs is 1. The Labute approximate surface area is 140 Å². The van der Waals surface area contributed by atoms with E-state index < -0.39 is 5.91 Å². The topological polar surface area (TPSA) is 99.2 Å². The Kier molecular flexibility index (Phi) is 5.74. The summed E-state index contributed by atoms with van der Waals surface area (Å²) in [5.41, 5.74) is 6.95. The van der Waals surface area contributed by atoms with Gasteiger partial charge in [0, 0.05) is 23.9 Å². The van der Waals surface area contributed by atoms with Crippen molar-refractivity contribution >= 4 is 28.2 Å². The van der Waals surface area contributed by atoms with Crippen molar-refractivity contribution < 1.29 is 9.59 Å². The molecule has 0 saturated heterocycles. The first-order valence-corrected chi connectivity index (χ1v) is 8.60. The molecular weight excluding hydrogens is 312 g/mol. The van der Waals surface area contributed by atoms with Gasteiger partial charge in [0.15, 0.2) is 0 Å². The maximum atomic E-state index is 12.2. The first-order chi connectivity index (χ1) is 10.9. The van der Waals surface area contributed by atoms with E-state index in [9.17, 15) is 14.9 Å². The molecule has 1 aliphatic carbocycles. The summed E-state index contributed by atoms with van der Waals surface area (Å²) >= 11 is 1.51. The fourth-order valence-electron chi connectivity index (χ4n) is 2.76. The van der Waals surface area contributed by atoms with Crippen molar-refractivity contribution in [2.24, 2.45) is 5.73 Å². The van der Waals surface area contributed by atoms with E-state index in [2.05, 4.69) is 11.4 Å². The number of nitrogens with two attached hydrogens (primary N) is 1. The van der Waals surface area contributed by atoms with Gasteiger partial charge in [-0.1, -0.05) is 0 Å². The fourth-order valence-corrected chi connectivity index (χ4v) is 4.02. The predicted molar refractivity (Wildman–Crippen MR) is 90.2 cm³/mol. The van der Waals surface area contributed by atoms with Gasteiger partial charge in [-0.15, -0.1) is 11.3 Å². The van der Waals surface area contributed by atoms with Crippen molar-refractivity contribution in [2.75, 3.05) is 18.4 Å². The largest absolute Gasteiger partial charge is 0.369 e. The number of carbonyl (C=O) groups excluding carboxylic acids is 2. The van der Waals surface area contributed by atoms with Gasteiger partial charge in [0.1, 0.15) is 11.1 Å². The van der Waals surface area contributed by atoms with Gasteiger partial charge in [0.25, 0.3) is 0 Å². The molecule has 0 saturated carbocycles. The lowest BCUT2D eigenvalue weighted by molar-refractivity contribution is -0.121. The van der Waals surface area contributed by atoms with E-state index in [1.54, 1.807) is 0 Å². The highest BCUT2D eigenvalue weighted by Gasteiger charge is 2.23. The Morgan fingerprint density at radius 2 is 2.17 bits per heavy atom. The van der Waals surface area contributed by atoms with Crippen molar-refractivity contribution in [3.63, 3.8) is 0 Å². The molecule has 0 spiro atoms. The lowest BCUT2D eigenvalue weighted by Gasteiger charge is -2.24. The van der Waals surface area contributed by atoms with E-state index in [-0.39, 0.29) is 24.9 Å².